The smallest absolute Gasteiger partial charge is 0.251 e. The quantitative estimate of drug-likeness (QED) is 0.560. The summed E-state index contributed by atoms with van der Waals surface area (Å²) in [6.45, 7) is 5.84. The number of carbonyl (C=O) groups is 1. The molecule has 6 heteroatoms. The van der Waals surface area contributed by atoms with Gasteiger partial charge in [-0.05, 0) is 31.6 Å². The van der Waals surface area contributed by atoms with Crippen LogP contribution in [-0.4, -0.2) is 39.6 Å². The first-order chi connectivity index (χ1) is 10.6. The molecule has 1 N–H and O–H groups in total. The second-order valence-corrected chi connectivity index (χ2v) is 6.83. The van der Waals surface area contributed by atoms with Crippen LogP contribution in [0.3, 0.4) is 0 Å². The molecule has 0 aromatic carbocycles. The molecular weight excluding hydrogens is 298 g/mol. The maximum absolute atomic E-state index is 12.4. The summed E-state index contributed by atoms with van der Waals surface area (Å²) in [5, 5.41) is 0.548. The van der Waals surface area contributed by atoms with Crippen molar-refractivity contribution in [2.24, 2.45) is 5.92 Å². The number of nitrogens with zero attached hydrogens (tertiary/aromatic N) is 2. The van der Waals surface area contributed by atoms with Crippen LogP contribution in [-0.2, 0) is 11.2 Å². The van der Waals surface area contributed by atoms with Gasteiger partial charge in [0.25, 0.3) is 5.56 Å². The van der Waals surface area contributed by atoms with Crippen molar-refractivity contribution in [3.05, 3.63) is 22.1 Å². The number of carbonyl (C=O) groups excluding carboxylic acids is 1. The molecule has 2 rings (SSSR count). The summed E-state index contributed by atoms with van der Waals surface area (Å²) in [6, 6.07) is 1.53. The van der Waals surface area contributed by atoms with E-state index >= 15 is 0 Å². The summed E-state index contributed by atoms with van der Waals surface area (Å²) in [5.74, 6) is 1.18. The van der Waals surface area contributed by atoms with Gasteiger partial charge in [0.2, 0.25) is 5.91 Å². The topological polar surface area (TPSA) is 66.1 Å². The molecule has 1 aromatic heterocycles. The van der Waals surface area contributed by atoms with E-state index in [0.29, 0.717) is 16.8 Å². The molecule has 1 amide bonds. The Labute approximate surface area is 135 Å². The third kappa shape index (κ3) is 5.48. The Morgan fingerprint density at radius 3 is 2.82 bits per heavy atom. The average molecular weight is 323 g/mol. The summed E-state index contributed by atoms with van der Waals surface area (Å²) in [5.41, 5.74) is 0.654. The average Bonchev–Trinajstić information content (AvgIpc) is 3.28. The molecule has 22 heavy (non-hydrogen) atoms. The highest BCUT2D eigenvalue weighted by Gasteiger charge is 2.26. The van der Waals surface area contributed by atoms with Crippen molar-refractivity contribution < 1.29 is 4.79 Å². The minimum atomic E-state index is -0.142. The number of aromatic amines is 1. The molecular formula is C16H25N3O2S. The molecule has 1 fully saturated rings. The third-order valence-corrected chi connectivity index (χ3v) is 4.49. The number of aromatic nitrogens is 2. The molecule has 0 saturated heterocycles. The lowest BCUT2D eigenvalue weighted by atomic mass is 10.2. The lowest BCUT2D eigenvalue weighted by Crippen LogP contribution is -2.35. The van der Waals surface area contributed by atoms with Crippen LogP contribution < -0.4 is 5.56 Å². The Kier molecular flexibility index (Phi) is 6.49. The number of rotatable bonds is 9. The largest absolute Gasteiger partial charge is 0.342 e. The fourth-order valence-electron chi connectivity index (χ4n) is 2.36. The highest BCUT2D eigenvalue weighted by molar-refractivity contribution is 7.99. The van der Waals surface area contributed by atoms with Gasteiger partial charge in [0.05, 0.1) is 5.75 Å². The predicted octanol–water partition coefficient (Wildman–Crippen LogP) is 2.46. The maximum atomic E-state index is 12.4. The van der Waals surface area contributed by atoms with Gasteiger partial charge in [-0.1, -0.05) is 32.0 Å². The van der Waals surface area contributed by atoms with Crippen molar-refractivity contribution in [2.45, 2.75) is 51.1 Å². The number of nitrogens with one attached hydrogen (secondary N) is 1. The first-order valence-electron chi connectivity index (χ1n) is 8.13. The number of amides is 1. The van der Waals surface area contributed by atoms with Crippen LogP contribution >= 0.6 is 11.8 Å². The van der Waals surface area contributed by atoms with E-state index in [0.717, 1.165) is 38.0 Å². The van der Waals surface area contributed by atoms with Gasteiger partial charge >= 0.3 is 0 Å². The van der Waals surface area contributed by atoms with Gasteiger partial charge in [-0.15, -0.1) is 0 Å². The van der Waals surface area contributed by atoms with Crippen molar-refractivity contribution >= 4 is 17.7 Å². The summed E-state index contributed by atoms with van der Waals surface area (Å²) in [7, 11) is 0. The standard InChI is InChI=1S/C16H25N3O2S/c1-3-5-13-9-14(20)18-16(17-13)22-11-15(21)19(8-4-2)10-12-6-7-12/h9,12H,3-8,10-11H2,1-2H3,(H,17,18,20). The fourth-order valence-corrected chi connectivity index (χ4v) is 3.15. The van der Waals surface area contributed by atoms with Crippen LogP contribution in [0.1, 0.15) is 45.2 Å². The Morgan fingerprint density at radius 1 is 1.41 bits per heavy atom. The zero-order chi connectivity index (χ0) is 15.9. The minimum absolute atomic E-state index is 0.141. The highest BCUT2D eigenvalue weighted by Crippen LogP contribution is 2.30. The molecule has 1 aliphatic carbocycles. The van der Waals surface area contributed by atoms with Gasteiger partial charge in [0.1, 0.15) is 0 Å². The van der Waals surface area contributed by atoms with Crippen LogP contribution in [0.15, 0.2) is 16.0 Å². The third-order valence-electron chi connectivity index (χ3n) is 3.63. The Balaban J connectivity index is 1.92. The van der Waals surface area contributed by atoms with Crippen LogP contribution in [0.2, 0.25) is 0 Å². The summed E-state index contributed by atoms with van der Waals surface area (Å²) in [6.07, 6.45) is 5.20. The normalized spacial score (nSPS) is 14.1. The van der Waals surface area contributed by atoms with Crippen LogP contribution in [0.5, 0.6) is 0 Å². The molecule has 0 spiro atoms. The van der Waals surface area contributed by atoms with E-state index in [9.17, 15) is 9.59 Å². The lowest BCUT2D eigenvalue weighted by molar-refractivity contribution is -0.128. The molecule has 5 nitrogen and oxygen atoms in total. The molecule has 0 aliphatic heterocycles. The van der Waals surface area contributed by atoms with Crippen molar-refractivity contribution in [1.82, 2.24) is 14.9 Å². The summed E-state index contributed by atoms with van der Waals surface area (Å²) < 4.78 is 0. The van der Waals surface area contributed by atoms with Crippen molar-refractivity contribution in [3.63, 3.8) is 0 Å². The Hall–Kier alpha value is -1.30. The number of hydrogen-bond donors (Lipinski definition) is 1. The molecule has 0 radical (unpaired) electrons. The first kappa shape index (κ1) is 17.1. The van der Waals surface area contributed by atoms with E-state index in [-0.39, 0.29) is 11.5 Å². The van der Waals surface area contributed by atoms with Crippen LogP contribution in [0.25, 0.3) is 0 Å². The van der Waals surface area contributed by atoms with Crippen molar-refractivity contribution in [1.29, 1.82) is 0 Å². The molecule has 1 saturated carbocycles. The second kappa shape index (κ2) is 8.36. The fraction of sp³-hybridized carbons (Fsp3) is 0.688. The summed E-state index contributed by atoms with van der Waals surface area (Å²) >= 11 is 1.33. The van der Waals surface area contributed by atoms with Gasteiger partial charge in [-0.3, -0.25) is 9.59 Å². The van der Waals surface area contributed by atoms with Crippen molar-refractivity contribution in [3.8, 4) is 0 Å². The number of thioether (sulfide) groups is 1. The molecule has 1 aliphatic rings. The Morgan fingerprint density at radius 2 is 2.18 bits per heavy atom. The number of H-pyrrole nitrogens is 1. The van der Waals surface area contributed by atoms with Gasteiger partial charge < -0.3 is 9.88 Å². The van der Waals surface area contributed by atoms with E-state index in [2.05, 4.69) is 23.8 Å². The molecule has 0 unspecified atom stereocenters. The first-order valence-corrected chi connectivity index (χ1v) is 9.11. The molecule has 1 aromatic rings. The van der Waals surface area contributed by atoms with Crippen molar-refractivity contribution in [2.75, 3.05) is 18.8 Å². The van der Waals surface area contributed by atoms with E-state index < -0.39 is 0 Å². The molecule has 0 bridgehead atoms. The van der Waals surface area contributed by atoms with Gasteiger partial charge in [-0.2, -0.15) is 0 Å². The van der Waals surface area contributed by atoms with Crippen LogP contribution in [0, 0.1) is 5.92 Å². The lowest BCUT2D eigenvalue weighted by Gasteiger charge is -2.21. The molecule has 1 heterocycles. The van der Waals surface area contributed by atoms with E-state index in [4.69, 9.17) is 0 Å². The van der Waals surface area contributed by atoms with E-state index in [1.807, 2.05) is 4.90 Å². The summed E-state index contributed by atoms with van der Waals surface area (Å²) in [4.78, 5) is 33.0. The maximum Gasteiger partial charge on any atom is 0.251 e. The molecule has 122 valence electrons. The Bertz CT molecular complexity index is 555. The van der Waals surface area contributed by atoms with E-state index in [1.54, 1.807) is 0 Å². The van der Waals surface area contributed by atoms with Gasteiger partial charge in [0, 0.05) is 24.8 Å². The highest BCUT2D eigenvalue weighted by atomic mass is 32.2. The second-order valence-electron chi connectivity index (χ2n) is 5.86. The molecule has 0 atom stereocenters. The van der Waals surface area contributed by atoms with Crippen LogP contribution in [0.4, 0.5) is 0 Å². The SMILES string of the molecule is CCCc1cc(=O)[nH]c(SCC(=O)N(CCC)CC2CC2)n1. The zero-order valence-corrected chi connectivity index (χ0v) is 14.2. The predicted molar refractivity (Wildman–Crippen MR) is 89.2 cm³/mol. The number of aryl methyl sites for hydroxylation is 1. The number of hydrogen-bond acceptors (Lipinski definition) is 4. The zero-order valence-electron chi connectivity index (χ0n) is 13.4. The minimum Gasteiger partial charge on any atom is -0.342 e. The van der Waals surface area contributed by atoms with Gasteiger partial charge in [-0.25, -0.2) is 4.98 Å². The monoisotopic (exact) mass is 323 g/mol. The van der Waals surface area contributed by atoms with E-state index in [1.165, 1.54) is 30.7 Å². The van der Waals surface area contributed by atoms with Gasteiger partial charge in [0.15, 0.2) is 5.16 Å².